The molecule has 14 heavy (non-hydrogen) atoms. The van der Waals surface area contributed by atoms with E-state index in [0.29, 0.717) is 10.2 Å². The molecular formula is C7H18N2O3SSi. The number of rotatable bonds is 5. The number of nitrogens with zero attached hydrogens (tertiary/aromatic N) is 1. The predicted octanol–water partition coefficient (Wildman–Crippen LogP) is -1.09. The van der Waals surface area contributed by atoms with E-state index in [2.05, 4.69) is 17.6 Å². The molecule has 0 amide bonds. The highest BCUT2D eigenvalue weighted by atomic mass is 32.1. The molecule has 0 aromatic rings. The van der Waals surface area contributed by atoms with Crippen LogP contribution >= 0.6 is 12.6 Å². The van der Waals surface area contributed by atoms with Gasteiger partial charge in [-0.3, -0.25) is 0 Å². The Morgan fingerprint density at radius 2 is 1.71 bits per heavy atom. The van der Waals surface area contributed by atoms with Crippen molar-refractivity contribution in [3.05, 3.63) is 0 Å². The SMILES string of the molecule is COC([SiH3])(N=C(N)S)C(C)(OC)OC. The Bertz CT molecular complexity index is 219. The van der Waals surface area contributed by atoms with Gasteiger partial charge in [0, 0.05) is 21.3 Å². The van der Waals surface area contributed by atoms with Crippen LogP contribution in [0.25, 0.3) is 0 Å². The maximum Gasteiger partial charge on any atom is 0.210 e. The second-order valence-corrected chi connectivity index (χ2v) is 4.82. The molecule has 0 saturated carbocycles. The number of ether oxygens (including phenoxy) is 3. The minimum atomic E-state index is -0.957. The summed E-state index contributed by atoms with van der Waals surface area (Å²) in [5.74, 6) is -0.957. The van der Waals surface area contributed by atoms with Gasteiger partial charge in [-0.2, -0.15) is 0 Å². The summed E-state index contributed by atoms with van der Waals surface area (Å²) in [6.45, 7) is 1.74. The van der Waals surface area contributed by atoms with Crippen molar-refractivity contribution < 1.29 is 14.2 Å². The summed E-state index contributed by atoms with van der Waals surface area (Å²) in [5.41, 5.74) is 5.41. The molecule has 2 N–H and O–H groups in total. The molecule has 84 valence electrons. The molecule has 0 saturated heterocycles. The van der Waals surface area contributed by atoms with E-state index in [0.717, 1.165) is 0 Å². The fraction of sp³-hybridized carbons (Fsp3) is 0.857. The molecule has 0 aromatic heterocycles. The van der Waals surface area contributed by atoms with Gasteiger partial charge < -0.3 is 19.9 Å². The maximum absolute atomic E-state index is 5.41. The normalized spacial score (nSPS) is 18.2. The zero-order valence-corrected chi connectivity index (χ0v) is 12.1. The molecule has 0 radical (unpaired) electrons. The molecule has 0 heterocycles. The molecule has 0 spiro atoms. The smallest absolute Gasteiger partial charge is 0.210 e. The Kier molecular flexibility index (Phi) is 5.10. The minimum Gasteiger partial charge on any atom is -0.379 e. The van der Waals surface area contributed by atoms with Gasteiger partial charge >= 0.3 is 0 Å². The van der Waals surface area contributed by atoms with Gasteiger partial charge in [0.2, 0.25) is 5.79 Å². The van der Waals surface area contributed by atoms with E-state index in [9.17, 15) is 0 Å². The van der Waals surface area contributed by atoms with Crippen LogP contribution in [0.15, 0.2) is 4.99 Å². The van der Waals surface area contributed by atoms with Crippen LogP contribution in [0.4, 0.5) is 0 Å². The molecule has 0 aliphatic heterocycles. The molecule has 0 fully saturated rings. The van der Waals surface area contributed by atoms with Crippen molar-refractivity contribution in [2.45, 2.75) is 18.1 Å². The van der Waals surface area contributed by atoms with Gasteiger partial charge in [0.25, 0.3) is 0 Å². The average Bonchev–Trinajstić information content (AvgIpc) is 2.15. The zero-order chi connectivity index (χ0) is 11.4. The van der Waals surface area contributed by atoms with Crippen LogP contribution in [0, 0.1) is 0 Å². The molecule has 0 aromatic carbocycles. The van der Waals surface area contributed by atoms with Crippen molar-refractivity contribution in [2.24, 2.45) is 10.7 Å². The highest BCUT2D eigenvalue weighted by Gasteiger charge is 2.46. The van der Waals surface area contributed by atoms with E-state index >= 15 is 0 Å². The Morgan fingerprint density at radius 3 is 1.93 bits per heavy atom. The van der Waals surface area contributed by atoms with Gasteiger partial charge in [-0.25, -0.2) is 4.99 Å². The number of nitrogens with two attached hydrogens (primary N) is 1. The summed E-state index contributed by atoms with van der Waals surface area (Å²) in [6.07, 6.45) is 0. The third kappa shape index (κ3) is 2.70. The van der Waals surface area contributed by atoms with Crippen LogP contribution in [-0.4, -0.2) is 47.9 Å². The van der Waals surface area contributed by atoms with Crippen LogP contribution in [0.2, 0.25) is 0 Å². The van der Waals surface area contributed by atoms with Crippen molar-refractivity contribution >= 4 is 28.0 Å². The lowest BCUT2D eigenvalue weighted by Gasteiger charge is -2.40. The average molecular weight is 238 g/mol. The molecule has 1 atom stereocenters. The van der Waals surface area contributed by atoms with Crippen LogP contribution in [0.5, 0.6) is 0 Å². The number of aliphatic imine (C=N–C) groups is 1. The van der Waals surface area contributed by atoms with Gasteiger partial charge in [0.15, 0.2) is 10.5 Å². The first-order chi connectivity index (χ1) is 6.35. The van der Waals surface area contributed by atoms with E-state index in [1.807, 2.05) is 0 Å². The monoisotopic (exact) mass is 238 g/mol. The van der Waals surface area contributed by atoms with Gasteiger partial charge in [0.05, 0.1) is 10.2 Å². The highest BCUT2D eigenvalue weighted by Crippen LogP contribution is 2.28. The number of hydrogen-bond acceptors (Lipinski definition) is 4. The fourth-order valence-corrected chi connectivity index (χ4v) is 2.04. The van der Waals surface area contributed by atoms with Crippen LogP contribution < -0.4 is 5.73 Å². The zero-order valence-electron chi connectivity index (χ0n) is 9.20. The summed E-state index contributed by atoms with van der Waals surface area (Å²) in [7, 11) is 5.14. The first-order valence-corrected chi connectivity index (χ1v) is 5.49. The van der Waals surface area contributed by atoms with Gasteiger partial charge in [-0.05, 0) is 6.92 Å². The molecule has 1 unspecified atom stereocenters. The minimum absolute atomic E-state index is 0.141. The van der Waals surface area contributed by atoms with E-state index < -0.39 is 11.1 Å². The van der Waals surface area contributed by atoms with E-state index in [1.54, 1.807) is 6.92 Å². The van der Waals surface area contributed by atoms with E-state index in [4.69, 9.17) is 19.9 Å². The molecule has 0 aliphatic carbocycles. The lowest BCUT2D eigenvalue weighted by atomic mass is 10.2. The van der Waals surface area contributed by atoms with Crippen molar-refractivity contribution in [2.75, 3.05) is 21.3 Å². The third-order valence-electron chi connectivity index (χ3n) is 2.35. The summed E-state index contributed by atoms with van der Waals surface area (Å²) >= 11 is 3.91. The Hall–Kier alpha value is -0.0831. The number of thiol groups is 1. The van der Waals surface area contributed by atoms with Crippen molar-refractivity contribution in [3.63, 3.8) is 0 Å². The van der Waals surface area contributed by atoms with Gasteiger partial charge in [-0.15, -0.1) is 12.6 Å². The summed E-state index contributed by atoms with van der Waals surface area (Å²) in [4.78, 5) is 4.09. The Balaban J connectivity index is 5.10. The fourth-order valence-electron chi connectivity index (χ4n) is 1.01. The number of amidine groups is 1. The largest absolute Gasteiger partial charge is 0.379 e. The predicted molar refractivity (Wildman–Crippen MR) is 62.7 cm³/mol. The first-order valence-electron chi connectivity index (χ1n) is 4.05. The van der Waals surface area contributed by atoms with Gasteiger partial charge in [-0.1, -0.05) is 0 Å². The van der Waals surface area contributed by atoms with Crippen LogP contribution in [-0.2, 0) is 14.2 Å². The third-order valence-corrected chi connectivity index (χ3v) is 3.99. The van der Waals surface area contributed by atoms with Crippen molar-refractivity contribution in [3.8, 4) is 0 Å². The van der Waals surface area contributed by atoms with E-state index in [1.165, 1.54) is 21.3 Å². The van der Waals surface area contributed by atoms with Gasteiger partial charge in [0.1, 0.15) is 0 Å². The second kappa shape index (κ2) is 5.13. The molecule has 0 aliphatic rings. The second-order valence-electron chi connectivity index (χ2n) is 3.01. The maximum atomic E-state index is 5.41. The molecule has 0 rings (SSSR count). The van der Waals surface area contributed by atoms with Crippen molar-refractivity contribution in [1.82, 2.24) is 0 Å². The molecule has 5 nitrogen and oxygen atoms in total. The molecule has 0 bridgehead atoms. The van der Waals surface area contributed by atoms with Crippen molar-refractivity contribution in [1.29, 1.82) is 0 Å². The van der Waals surface area contributed by atoms with E-state index in [-0.39, 0.29) is 5.17 Å². The molecule has 7 heteroatoms. The lowest BCUT2D eigenvalue weighted by molar-refractivity contribution is -0.267. The molecular weight excluding hydrogens is 220 g/mol. The Morgan fingerprint density at radius 1 is 1.29 bits per heavy atom. The van der Waals surface area contributed by atoms with Crippen LogP contribution in [0.3, 0.4) is 0 Å². The standard InChI is InChI=1S/C7H18N2O3SSi/c1-6(10-2,11-3)7(14,12-4)9-5(8)13/h1-4,14H3,(H3,8,9,13). The quantitative estimate of drug-likeness (QED) is 0.210. The lowest BCUT2D eigenvalue weighted by Crippen LogP contribution is -2.56. The summed E-state index contributed by atoms with van der Waals surface area (Å²) in [6, 6.07) is 0. The Labute approximate surface area is 92.8 Å². The number of hydrogen-bond donors (Lipinski definition) is 2. The highest BCUT2D eigenvalue weighted by molar-refractivity contribution is 7.96. The summed E-state index contributed by atoms with van der Waals surface area (Å²) in [5, 5.41) is -0.760. The number of methoxy groups -OCH3 is 3. The first kappa shape index (κ1) is 13.9. The topological polar surface area (TPSA) is 66.1 Å². The summed E-state index contributed by atoms with van der Waals surface area (Å²) < 4.78 is 15.8. The van der Waals surface area contributed by atoms with Crippen LogP contribution in [0.1, 0.15) is 6.92 Å².